The van der Waals surface area contributed by atoms with Gasteiger partial charge < -0.3 is 9.26 Å². The molecular formula is C12H17N5O3. The molecular weight excluding hydrogens is 262 g/mol. The van der Waals surface area contributed by atoms with Gasteiger partial charge in [-0.1, -0.05) is 10.4 Å². The van der Waals surface area contributed by atoms with Crippen LogP contribution in [0.2, 0.25) is 0 Å². The van der Waals surface area contributed by atoms with Crippen LogP contribution in [0.25, 0.3) is 0 Å². The zero-order chi connectivity index (χ0) is 14.9. The van der Waals surface area contributed by atoms with Crippen LogP contribution in [-0.2, 0) is 11.3 Å². The number of hydrogen-bond acceptors (Lipinski definition) is 7. The third-order valence-electron chi connectivity index (χ3n) is 2.43. The maximum atomic E-state index is 12.0. The first-order valence-electron chi connectivity index (χ1n) is 6.19. The number of carbonyl (C=O) groups excluding carboxylic acids is 1. The van der Waals surface area contributed by atoms with E-state index in [1.807, 2.05) is 0 Å². The number of esters is 1. The summed E-state index contributed by atoms with van der Waals surface area (Å²) in [6, 6.07) is 0. The van der Waals surface area contributed by atoms with Crippen molar-refractivity contribution in [2.45, 2.75) is 46.8 Å². The van der Waals surface area contributed by atoms with Gasteiger partial charge in [-0.15, -0.1) is 5.10 Å². The monoisotopic (exact) mass is 279 g/mol. The van der Waals surface area contributed by atoms with E-state index < -0.39 is 11.6 Å². The Hall–Kier alpha value is -2.25. The van der Waals surface area contributed by atoms with E-state index in [0.717, 1.165) is 0 Å². The highest BCUT2D eigenvalue weighted by Gasteiger charge is 2.23. The van der Waals surface area contributed by atoms with Crippen LogP contribution < -0.4 is 0 Å². The molecule has 0 saturated heterocycles. The van der Waals surface area contributed by atoms with E-state index in [2.05, 4.69) is 20.5 Å². The van der Waals surface area contributed by atoms with E-state index in [-0.39, 0.29) is 12.2 Å². The summed E-state index contributed by atoms with van der Waals surface area (Å²) in [6.45, 7) is 9.13. The van der Waals surface area contributed by atoms with Gasteiger partial charge in [0.15, 0.2) is 11.5 Å². The number of rotatable bonds is 3. The zero-order valence-electron chi connectivity index (χ0n) is 12.2. The molecule has 2 aromatic rings. The fourth-order valence-electron chi connectivity index (χ4n) is 1.56. The van der Waals surface area contributed by atoms with Crippen LogP contribution in [0, 0.1) is 13.8 Å². The van der Waals surface area contributed by atoms with Crippen LogP contribution in [0.5, 0.6) is 0 Å². The summed E-state index contributed by atoms with van der Waals surface area (Å²) in [7, 11) is 0. The number of ether oxygens (including phenoxy) is 1. The van der Waals surface area contributed by atoms with Crippen molar-refractivity contribution in [1.82, 2.24) is 25.1 Å². The zero-order valence-corrected chi connectivity index (χ0v) is 12.2. The highest BCUT2D eigenvalue weighted by molar-refractivity contribution is 5.88. The van der Waals surface area contributed by atoms with Crippen LogP contribution >= 0.6 is 0 Å². The van der Waals surface area contributed by atoms with Gasteiger partial charge >= 0.3 is 5.97 Å². The lowest BCUT2D eigenvalue weighted by molar-refractivity contribution is 0.00618. The molecule has 0 spiro atoms. The lowest BCUT2D eigenvalue weighted by atomic mass is 10.2. The van der Waals surface area contributed by atoms with Crippen LogP contribution in [0.1, 0.15) is 48.7 Å². The lowest BCUT2D eigenvalue weighted by Crippen LogP contribution is -2.24. The van der Waals surface area contributed by atoms with E-state index in [1.165, 1.54) is 4.68 Å². The quantitative estimate of drug-likeness (QED) is 0.781. The molecule has 0 atom stereocenters. The minimum Gasteiger partial charge on any atom is -0.455 e. The highest BCUT2D eigenvalue weighted by Crippen LogP contribution is 2.13. The average molecular weight is 279 g/mol. The Kier molecular flexibility index (Phi) is 3.56. The van der Waals surface area contributed by atoms with E-state index in [4.69, 9.17) is 9.26 Å². The Balaban J connectivity index is 2.16. The average Bonchev–Trinajstić information content (AvgIpc) is 2.85. The molecule has 0 bridgehead atoms. The molecule has 0 aromatic carbocycles. The van der Waals surface area contributed by atoms with Crippen molar-refractivity contribution in [3.8, 4) is 0 Å². The summed E-state index contributed by atoms with van der Waals surface area (Å²) < 4.78 is 11.8. The van der Waals surface area contributed by atoms with E-state index in [9.17, 15) is 4.79 Å². The van der Waals surface area contributed by atoms with Gasteiger partial charge in [-0.25, -0.2) is 9.48 Å². The van der Waals surface area contributed by atoms with Crippen LogP contribution in [-0.4, -0.2) is 36.7 Å². The summed E-state index contributed by atoms with van der Waals surface area (Å²) in [4.78, 5) is 16.0. The predicted molar refractivity (Wildman–Crippen MR) is 68.1 cm³/mol. The van der Waals surface area contributed by atoms with Crippen molar-refractivity contribution >= 4 is 5.97 Å². The fourth-order valence-corrected chi connectivity index (χ4v) is 1.56. The molecule has 2 rings (SSSR count). The van der Waals surface area contributed by atoms with Gasteiger partial charge in [0.25, 0.3) is 0 Å². The Morgan fingerprint density at radius 2 is 2.05 bits per heavy atom. The number of hydrogen-bond donors (Lipinski definition) is 0. The Labute approximate surface area is 116 Å². The Bertz CT molecular complexity index is 623. The Morgan fingerprint density at radius 3 is 2.60 bits per heavy atom. The van der Waals surface area contributed by atoms with Crippen LogP contribution in [0.3, 0.4) is 0 Å². The topological polar surface area (TPSA) is 95.9 Å². The molecule has 0 aliphatic rings. The number of nitrogens with zero attached hydrogens (tertiary/aromatic N) is 5. The largest absolute Gasteiger partial charge is 0.455 e. The van der Waals surface area contributed by atoms with E-state index in [1.54, 1.807) is 34.6 Å². The summed E-state index contributed by atoms with van der Waals surface area (Å²) in [6.07, 6.45) is 0. The van der Waals surface area contributed by atoms with Gasteiger partial charge in [-0.3, -0.25) is 0 Å². The van der Waals surface area contributed by atoms with Gasteiger partial charge in [-0.2, -0.15) is 4.98 Å². The van der Waals surface area contributed by atoms with Crippen molar-refractivity contribution in [2.24, 2.45) is 0 Å². The minimum absolute atomic E-state index is 0.191. The van der Waals surface area contributed by atoms with Crippen molar-refractivity contribution < 1.29 is 14.1 Å². The first-order chi connectivity index (χ1) is 9.26. The van der Waals surface area contributed by atoms with Crippen molar-refractivity contribution in [3.63, 3.8) is 0 Å². The highest BCUT2D eigenvalue weighted by atomic mass is 16.6. The predicted octanol–water partition coefficient (Wildman–Crippen LogP) is 1.28. The molecule has 2 aromatic heterocycles. The van der Waals surface area contributed by atoms with Crippen molar-refractivity contribution in [1.29, 1.82) is 0 Å². The van der Waals surface area contributed by atoms with Gasteiger partial charge in [0, 0.05) is 0 Å². The van der Waals surface area contributed by atoms with Gasteiger partial charge in [0.2, 0.25) is 5.89 Å². The lowest BCUT2D eigenvalue weighted by Gasteiger charge is -2.18. The molecule has 0 unspecified atom stereocenters. The number of carbonyl (C=O) groups is 1. The molecule has 20 heavy (non-hydrogen) atoms. The maximum Gasteiger partial charge on any atom is 0.361 e. The standard InChI is InChI=1S/C12H17N5O3/c1-7-10(11(18)19-12(3,4)5)14-16-17(7)6-9-13-8(2)15-20-9/h6H2,1-5H3. The first-order valence-corrected chi connectivity index (χ1v) is 6.19. The molecule has 0 amide bonds. The smallest absolute Gasteiger partial charge is 0.361 e. The Morgan fingerprint density at radius 1 is 1.35 bits per heavy atom. The molecule has 8 heteroatoms. The molecule has 0 radical (unpaired) electrons. The second kappa shape index (κ2) is 5.03. The maximum absolute atomic E-state index is 12.0. The molecule has 0 aliphatic heterocycles. The van der Waals surface area contributed by atoms with Crippen molar-refractivity contribution in [2.75, 3.05) is 0 Å². The molecule has 0 fully saturated rings. The van der Waals surface area contributed by atoms with E-state index in [0.29, 0.717) is 17.4 Å². The molecule has 108 valence electrons. The third-order valence-corrected chi connectivity index (χ3v) is 2.43. The molecule has 8 nitrogen and oxygen atoms in total. The minimum atomic E-state index is -0.573. The first kappa shape index (κ1) is 14.2. The second-order valence-corrected chi connectivity index (χ2v) is 5.42. The van der Waals surface area contributed by atoms with Gasteiger partial charge in [0.1, 0.15) is 12.1 Å². The molecule has 0 N–H and O–H groups in total. The summed E-state index contributed by atoms with van der Waals surface area (Å²) in [5, 5.41) is 11.5. The van der Waals surface area contributed by atoms with Gasteiger partial charge in [-0.05, 0) is 34.6 Å². The van der Waals surface area contributed by atoms with Crippen LogP contribution in [0.15, 0.2) is 4.52 Å². The van der Waals surface area contributed by atoms with Crippen LogP contribution in [0.4, 0.5) is 0 Å². The van der Waals surface area contributed by atoms with E-state index >= 15 is 0 Å². The normalized spacial score (nSPS) is 11.7. The molecule has 0 aliphatic carbocycles. The second-order valence-electron chi connectivity index (χ2n) is 5.42. The fraction of sp³-hybridized carbons (Fsp3) is 0.583. The number of aromatic nitrogens is 5. The molecule has 2 heterocycles. The summed E-state index contributed by atoms with van der Waals surface area (Å²) >= 11 is 0. The molecule has 0 saturated carbocycles. The summed E-state index contributed by atoms with van der Waals surface area (Å²) in [5.41, 5.74) is 0.211. The SMILES string of the molecule is Cc1noc(Cn2nnc(C(=O)OC(C)(C)C)c2C)n1. The summed E-state index contributed by atoms with van der Waals surface area (Å²) in [5.74, 6) is 0.458. The number of aryl methyl sites for hydroxylation is 1. The third kappa shape index (κ3) is 3.19. The van der Waals surface area contributed by atoms with Gasteiger partial charge in [0.05, 0.1) is 5.69 Å². The van der Waals surface area contributed by atoms with Crippen molar-refractivity contribution in [3.05, 3.63) is 23.1 Å².